The van der Waals surface area contributed by atoms with Crippen molar-refractivity contribution in [3.8, 4) is 5.75 Å². The van der Waals surface area contributed by atoms with E-state index in [1.54, 1.807) is 19.2 Å². The van der Waals surface area contributed by atoms with Gasteiger partial charge >= 0.3 is 0 Å². The fraction of sp³-hybridized carbons (Fsp3) is 0.333. The van der Waals surface area contributed by atoms with E-state index in [1.165, 1.54) is 0 Å². The van der Waals surface area contributed by atoms with Crippen LogP contribution in [0.1, 0.15) is 11.6 Å². The van der Waals surface area contributed by atoms with E-state index in [1.807, 2.05) is 0 Å². The van der Waals surface area contributed by atoms with Crippen molar-refractivity contribution in [3.05, 3.63) is 27.7 Å². The SMILES string of the molecule is COc1cc(Cl)c([C@@H](N)CN)c(Cl)c1. The van der Waals surface area contributed by atoms with Gasteiger partial charge in [0.25, 0.3) is 0 Å². The Morgan fingerprint density at radius 1 is 1.36 bits per heavy atom. The normalized spacial score (nSPS) is 12.6. The van der Waals surface area contributed by atoms with Crippen LogP contribution in [0.15, 0.2) is 12.1 Å². The van der Waals surface area contributed by atoms with Gasteiger partial charge in [-0.15, -0.1) is 0 Å². The highest BCUT2D eigenvalue weighted by Gasteiger charge is 2.14. The molecule has 5 heteroatoms. The minimum absolute atomic E-state index is 0.297. The number of methoxy groups -OCH3 is 1. The Kier molecular flexibility index (Phi) is 4.01. The van der Waals surface area contributed by atoms with Crippen LogP contribution in [-0.2, 0) is 0 Å². The standard InChI is InChI=1S/C9H12Cl2N2O/c1-14-5-2-6(10)9(7(11)3-5)8(13)4-12/h2-3,8H,4,12-13H2,1H3/t8-/m0/s1. The quantitative estimate of drug-likeness (QED) is 0.841. The summed E-state index contributed by atoms with van der Waals surface area (Å²) in [5.41, 5.74) is 11.9. The molecule has 0 aliphatic rings. The first-order chi connectivity index (χ1) is 6.60. The van der Waals surface area contributed by atoms with Crippen LogP contribution < -0.4 is 16.2 Å². The first-order valence-corrected chi connectivity index (χ1v) is 4.84. The fourth-order valence-electron chi connectivity index (χ4n) is 1.15. The molecule has 1 rings (SSSR count). The van der Waals surface area contributed by atoms with Gasteiger partial charge in [0.05, 0.1) is 17.2 Å². The van der Waals surface area contributed by atoms with Gasteiger partial charge < -0.3 is 16.2 Å². The molecule has 0 bridgehead atoms. The molecule has 0 heterocycles. The minimum atomic E-state index is -0.346. The largest absolute Gasteiger partial charge is 0.497 e. The molecule has 1 aromatic rings. The zero-order valence-electron chi connectivity index (χ0n) is 7.76. The van der Waals surface area contributed by atoms with Crippen LogP contribution in [0.2, 0.25) is 10.0 Å². The average Bonchev–Trinajstić information content (AvgIpc) is 2.16. The van der Waals surface area contributed by atoms with E-state index in [0.717, 1.165) is 0 Å². The molecule has 0 saturated carbocycles. The Balaban J connectivity index is 3.18. The molecule has 4 N–H and O–H groups in total. The Morgan fingerprint density at radius 3 is 2.21 bits per heavy atom. The molecule has 0 aromatic heterocycles. The maximum atomic E-state index is 5.99. The highest BCUT2D eigenvalue weighted by molar-refractivity contribution is 6.36. The van der Waals surface area contributed by atoms with Crippen molar-refractivity contribution >= 4 is 23.2 Å². The second kappa shape index (κ2) is 4.84. The van der Waals surface area contributed by atoms with E-state index in [4.69, 9.17) is 39.4 Å². The molecule has 0 spiro atoms. The van der Waals surface area contributed by atoms with Crippen molar-refractivity contribution < 1.29 is 4.74 Å². The second-order valence-corrected chi connectivity index (χ2v) is 3.66. The molecule has 0 saturated heterocycles. The lowest BCUT2D eigenvalue weighted by Gasteiger charge is -2.14. The lowest BCUT2D eigenvalue weighted by Crippen LogP contribution is -2.21. The summed E-state index contributed by atoms with van der Waals surface area (Å²) in [5, 5.41) is 0.958. The van der Waals surface area contributed by atoms with Gasteiger partial charge in [-0.2, -0.15) is 0 Å². The van der Waals surface area contributed by atoms with Crippen molar-refractivity contribution in [2.75, 3.05) is 13.7 Å². The molecule has 3 nitrogen and oxygen atoms in total. The van der Waals surface area contributed by atoms with E-state index in [9.17, 15) is 0 Å². The van der Waals surface area contributed by atoms with Gasteiger partial charge in [-0.3, -0.25) is 0 Å². The summed E-state index contributed by atoms with van der Waals surface area (Å²) in [7, 11) is 1.55. The number of ether oxygens (including phenoxy) is 1. The fourth-order valence-corrected chi connectivity index (χ4v) is 1.90. The summed E-state index contributed by atoms with van der Waals surface area (Å²) in [6.07, 6.45) is 0. The molecular formula is C9H12Cl2N2O. The smallest absolute Gasteiger partial charge is 0.121 e. The van der Waals surface area contributed by atoms with Crippen LogP contribution in [0, 0.1) is 0 Å². The number of benzene rings is 1. The molecular weight excluding hydrogens is 223 g/mol. The Hall–Kier alpha value is -0.480. The molecule has 0 radical (unpaired) electrons. The third kappa shape index (κ3) is 2.30. The number of hydrogen-bond donors (Lipinski definition) is 2. The van der Waals surface area contributed by atoms with E-state index in [0.29, 0.717) is 27.9 Å². The van der Waals surface area contributed by atoms with Gasteiger partial charge in [0, 0.05) is 18.2 Å². The molecule has 0 amide bonds. The topological polar surface area (TPSA) is 61.3 Å². The van der Waals surface area contributed by atoms with Crippen LogP contribution in [-0.4, -0.2) is 13.7 Å². The van der Waals surface area contributed by atoms with Gasteiger partial charge in [0.1, 0.15) is 5.75 Å². The van der Waals surface area contributed by atoms with Crippen molar-refractivity contribution in [2.24, 2.45) is 11.5 Å². The molecule has 78 valence electrons. The third-order valence-corrected chi connectivity index (χ3v) is 2.54. The Labute approximate surface area is 92.9 Å². The summed E-state index contributed by atoms with van der Waals surface area (Å²) in [6.45, 7) is 0.297. The van der Waals surface area contributed by atoms with Gasteiger partial charge in [-0.05, 0) is 12.1 Å². The van der Waals surface area contributed by atoms with E-state index < -0.39 is 0 Å². The van der Waals surface area contributed by atoms with Crippen molar-refractivity contribution in [1.29, 1.82) is 0 Å². The lowest BCUT2D eigenvalue weighted by atomic mass is 10.1. The van der Waals surface area contributed by atoms with Gasteiger partial charge in [-0.25, -0.2) is 0 Å². The van der Waals surface area contributed by atoms with E-state index in [-0.39, 0.29) is 6.04 Å². The molecule has 0 aliphatic heterocycles. The maximum Gasteiger partial charge on any atom is 0.121 e. The van der Waals surface area contributed by atoms with Crippen molar-refractivity contribution in [2.45, 2.75) is 6.04 Å². The zero-order chi connectivity index (χ0) is 10.7. The predicted octanol–water partition coefficient (Wildman–Crippen LogP) is 1.96. The number of nitrogens with two attached hydrogens (primary N) is 2. The zero-order valence-corrected chi connectivity index (χ0v) is 9.27. The van der Waals surface area contributed by atoms with Gasteiger partial charge in [0.2, 0.25) is 0 Å². The number of rotatable bonds is 3. The predicted molar refractivity (Wildman–Crippen MR) is 59.0 cm³/mol. The first-order valence-electron chi connectivity index (χ1n) is 4.08. The third-order valence-electron chi connectivity index (χ3n) is 1.91. The number of hydrogen-bond acceptors (Lipinski definition) is 3. The minimum Gasteiger partial charge on any atom is -0.497 e. The highest BCUT2D eigenvalue weighted by Crippen LogP contribution is 2.33. The molecule has 0 aliphatic carbocycles. The first kappa shape index (κ1) is 11.6. The summed E-state index contributed by atoms with van der Waals surface area (Å²) >= 11 is 12.0. The van der Waals surface area contributed by atoms with Gasteiger partial charge in [-0.1, -0.05) is 23.2 Å². The summed E-state index contributed by atoms with van der Waals surface area (Å²) in [4.78, 5) is 0. The molecule has 14 heavy (non-hydrogen) atoms. The highest BCUT2D eigenvalue weighted by atomic mass is 35.5. The average molecular weight is 235 g/mol. The van der Waals surface area contributed by atoms with Crippen LogP contribution in [0.3, 0.4) is 0 Å². The Bertz CT molecular complexity index is 308. The molecule has 1 aromatic carbocycles. The summed E-state index contributed by atoms with van der Waals surface area (Å²) in [5.74, 6) is 0.605. The lowest BCUT2D eigenvalue weighted by molar-refractivity contribution is 0.414. The van der Waals surface area contributed by atoms with E-state index in [2.05, 4.69) is 0 Å². The second-order valence-electron chi connectivity index (χ2n) is 2.85. The van der Waals surface area contributed by atoms with Crippen molar-refractivity contribution in [1.82, 2.24) is 0 Å². The molecule has 0 fully saturated rings. The summed E-state index contributed by atoms with van der Waals surface area (Å²) in [6, 6.07) is 2.98. The Morgan fingerprint density at radius 2 is 1.86 bits per heavy atom. The van der Waals surface area contributed by atoms with Crippen LogP contribution in [0.4, 0.5) is 0 Å². The monoisotopic (exact) mass is 234 g/mol. The molecule has 1 atom stereocenters. The number of halogens is 2. The van der Waals surface area contributed by atoms with Crippen LogP contribution >= 0.6 is 23.2 Å². The maximum absolute atomic E-state index is 5.99. The van der Waals surface area contributed by atoms with Crippen LogP contribution in [0.5, 0.6) is 5.75 Å². The molecule has 0 unspecified atom stereocenters. The van der Waals surface area contributed by atoms with Crippen molar-refractivity contribution in [3.63, 3.8) is 0 Å². The van der Waals surface area contributed by atoms with Gasteiger partial charge in [0.15, 0.2) is 0 Å². The van der Waals surface area contributed by atoms with Crippen LogP contribution in [0.25, 0.3) is 0 Å². The summed E-state index contributed by atoms with van der Waals surface area (Å²) < 4.78 is 5.00. The van der Waals surface area contributed by atoms with E-state index >= 15 is 0 Å².